The predicted octanol–water partition coefficient (Wildman–Crippen LogP) is -0.668. The Morgan fingerprint density at radius 3 is 0.667 bits per heavy atom. The molecule has 2 heterocycles. The molecule has 7 heteroatoms. The van der Waals surface area contributed by atoms with Gasteiger partial charge in [-0.2, -0.15) is 0 Å². The van der Waals surface area contributed by atoms with Crippen molar-refractivity contribution in [2.24, 2.45) is 0 Å². The van der Waals surface area contributed by atoms with Crippen molar-refractivity contribution in [1.82, 2.24) is 9.97 Å². The number of rotatable bonds is 4. The van der Waals surface area contributed by atoms with E-state index < -0.39 is 0 Å². The number of hydrogen-bond donors (Lipinski definition) is 4. The van der Waals surface area contributed by atoms with E-state index in [1.165, 1.54) is 22.3 Å². The fourth-order valence-electron chi connectivity index (χ4n) is 3.06. The van der Waals surface area contributed by atoms with Crippen molar-refractivity contribution in [2.75, 3.05) is 0 Å². The van der Waals surface area contributed by atoms with Crippen LogP contribution >= 0.6 is 0 Å². The molecule has 0 aliphatic heterocycles. The summed E-state index contributed by atoms with van der Waals surface area (Å²) in [5.41, 5.74) is 9.28. The predicted molar refractivity (Wildman–Crippen MR) is 168 cm³/mol. The van der Waals surface area contributed by atoms with Gasteiger partial charge in [0, 0.05) is 0 Å². The molecule has 2 rings (SSSR count). The van der Waals surface area contributed by atoms with Gasteiger partial charge >= 0.3 is 48.9 Å². The van der Waals surface area contributed by atoms with Gasteiger partial charge in [-0.05, 0) is 111 Å². The zero-order chi connectivity index (χ0) is 29.7. The first-order valence-corrected chi connectivity index (χ1v) is 13.7. The average Bonchev–Trinajstić information content (AvgIpc) is 3.16. The monoisotopic (exact) mass is 662 g/mol. The molecule has 0 saturated heterocycles. The molecule has 2 aromatic heterocycles. The molecule has 0 saturated carbocycles. The summed E-state index contributed by atoms with van der Waals surface area (Å²) in [4.78, 5) is 22.8. The zero-order valence-electron chi connectivity index (χ0n) is 27.9. The van der Waals surface area contributed by atoms with Gasteiger partial charge in [0.05, 0.1) is 0 Å². The van der Waals surface area contributed by atoms with Gasteiger partial charge in [0.2, 0.25) is 0 Å². The number of hydrogen-bond acceptors (Lipinski definition) is 0. The summed E-state index contributed by atoms with van der Waals surface area (Å²) in [6, 6.07) is 0. The Kier molecular flexibility index (Phi) is 14.2. The van der Waals surface area contributed by atoms with Crippen molar-refractivity contribution >= 4 is 73.7 Å². The van der Waals surface area contributed by atoms with Gasteiger partial charge in [0.1, 0.15) is 24.9 Å². The van der Waals surface area contributed by atoms with Gasteiger partial charge in [-0.3, -0.25) is 0 Å². The van der Waals surface area contributed by atoms with E-state index in [9.17, 15) is 0 Å². The standard InChI is InChI=1S/2C16H26N3.Ba/c2*1-11-12(2)14(10-18-16(6,7)8)19-13(11)9-17-15(3,4)5;/h2*9-10H,1-8H3;/q2*-1;+2/p+4. The molecule has 6 nitrogen and oxygen atoms in total. The smallest absolute Gasteiger partial charge is 0.648 e. The van der Waals surface area contributed by atoms with E-state index in [1.54, 1.807) is 0 Å². The molecular formula is C32H56BaN6+4. The fraction of sp³-hybridized carbons (Fsp3) is 0.625. The quantitative estimate of drug-likeness (QED) is 0.259. The first-order chi connectivity index (χ1) is 17.0. The van der Waals surface area contributed by atoms with Crippen LogP contribution in [-0.2, 0) is 0 Å². The largest absolute Gasteiger partial charge is 2.00 e. The van der Waals surface area contributed by atoms with Crippen LogP contribution in [-0.4, -0.2) is 95.9 Å². The molecular weight excluding hydrogens is 606 g/mol. The van der Waals surface area contributed by atoms with Crippen LogP contribution < -0.4 is 29.9 Å². The second kappa shape index (κ2) is 14.6. The second-order valence-corrected chi connectivity index (χ2v) is 14.4. The third kappa shape index (κ3) is 14.8. The van der Waals surface area contributed by atoms with E-state index in [-0.39, 0.29) is 71.0 Å². The van der Waals surface area contributed by atoms with E-state index in [1.807, 2.05) is 24.9 Å². The first kappa shape index (κ1) is 37.8. The van der Waals surface area contributed by atoms with Gasteiger partial charge in [0.25, 0.3) is 0 Å². The Bertz CT molecular complexity index is 995. The number of aromatic nitrogens is 2. The molecule has 0 radical (unpaired) electrons. The third-order valence-corrected chi connectivity index (χ3v) is 5.71. The summed E-state index contributed by atoms with van der Waals surface area (Å²) >= 11 is 0. The maximum atomic E-state index is 4.68. The number of nitrogens with zero attached hydrogens (tertiary/aromatic N) is 2. The Labute approximate surface area is 279 Å². The molecule has 212 valence electrons. The zero-order valence-corrected chi connectivity index (χ0v) is 32.4. The van der Waals surface area contributed by atoms with E-state index >= 15 is 0 Å². The minimum atomic E-state index is 0. The van der Waals surface area contributed by atoms with Crippen LogP contribution in [0, 0.1) is 27.7 Å². The minimum Gasteiger partial charge on any atom is -0.648 e. The summed E-state index contributed by atoms with van der Waals surface area (Å²) in [5.74, 6) is 0. The molecule has 0 spiro atoms. The van der Waals surface area contributed by atoms with Crippen LogP contribution in [0.15, 0.2) is 0 Å². The first-order valence-electron chi connectivity index (χ1n) is 13.7. The summed E-state index contributed by atoms with van der Waals surface area (Å²) in [7, 11) is 0. The van der Waals surface area contributed by atoms with Crippen LogP contribution in [0.5, 0.6) is 0 Å². The summed E-state index contributed by atoms with van der Waals surface area (Å²) in [6.07, 6.45) is 8.04. The Balaban J connectivity index is 0.000000722. The third-order valence-electron chi connectivity index (χ3n) is 5.71. The molecule has 0 unspecified atom stereocenters. The maximum absolute atomic E-state index is 4.68. The Morgan fingerprint density at radius 1 is 0.385 bits per heavy atom. The van der Waals surface area contributed by atoms with Crippen molar-refractivity contribution in [2.45, 2.75) is 133 Å². The van der Waals surface area contributed by atoms with E-state index in [0.29, 0.717) is 0 Å². The van der Waals surface area contributed by atoms with Crippen LogP contribution in [0.25, 0.3) is 0 Å². The van der Waals surface area contributed by atoms with Crippen molar-refractivity contribution in [1.29, 1.82) is 0 Å². The van der Waals surface area contributed by atoms with Crippen LogP contribution in [0.4, 0.5) is 0 Å². The van der Waals surface area contributed by atoms with Gasteiger partial charge < -0.3 is 9.97 Å². The maximum Gasteiger partial charge on any atom is 2.00 e. The van der Waals surface area contributed by atoms with Crippen LogP contribution in [0.3, 0.4) is 0 Å². The Hall–Kier alpha value is -1.19. The van der Waals surface area contributed by atoms with Gasteiger partial charge in [0.15, 0.2) is 22.2 Å². The molecule has 0 aromatic carbocycles. The van der Waals surface area contributed by atoms with Crippen molar-refractivity contribution < 1.29 is 20.0 Å². The van der Waals surface area contributed by atoms with E-state index in [0.717, 1.165) is 22.8 Å². The van der Waals surface area contributed by atoms with E-state index in [2.05, 4.69) is 141 Å². The second-order valence-electron chi connectivity index (χ2n) is 14.4. The normalized spacial score (nSPS) is 13.5. The number of nitrogens with one attached hydrogen (secondary N) is 4. The van der Waals surface area contributed by atoms with Gasteiger partial charge in [-0.15, -0.1) is 0 Å². The van der Waals surface area contributed by atoms with Crippen molar-refractivity contribution in [3.63, 3.8) is 0 Å². The molecule has 39 heavy (non-hydrogen) atoms. The summed E-state index contributed by atoms with van der Waals surface area (Å²) < 4.78 is 0. The molecule has 0 fully saturated rings. The summed E-state index contributed by atoms with van der Waals surface area (Å²) in [6.45, 7) is 34.2. The molecule has 4 N–H and O–H groups in total. The topological polar surface area (TPSA) is 84.1 Å². The van der Waals surface area contributed by atoms with E-state index in [4.69, 9.17) is 0 Å². The molecule has 0 atom stereocenters. The van der Waals surface area contributed by atoms with Gasteiger partial charge in [-0.1, -0.05) is 45.0 Å². The van der Waals surface area contributed by atoms with Gasteiger partial charge in [-0.25, -0.2) is 20.0 Å². The molecule has 0 bridgehead atoms. The van der Waals surface area contributed by atoms with Crippen LogP contribution in [0.1, 0.15) is 128 Å². The van der Waals surface area contributed by atoms with Crippen molar-refractivity contribution in [3.05, 3.63) is 45.0 Å². The minimum absolute atomic E-state index is 0. The summed E-state index contributed by atoms with van der Waals surface area (Å²) in [5, 5.41) is 0. The average molecular weight is 662 g/mol. The molecule has 0 aliphatic carbocycles. The van der Waals surface area contributed by atoms with Crippen molar-refractivity contribution in [3.8, 4) is 0 Å². The Morgan fingerprint density at radius 2 is 0.538 bits per heavy atom. The molecule has 0 amide bonds. The van der Waals surface area contributed by atoms with Crippen LogP contribution in [0.2, 0.25) is 0 Å². The fourth-order valence-corrected chi connectivity index (χ4v) is 3.06. The molecule has 0 aliphatic rings. The SMILES string of the molecule is Cc1c(C=[NH+]C(C)(C)C)[n-]c(C=[NH+]C(C)(C)C)c1C.Cc1c(C=[NH+]C(C)(C)C)[n-]c(C=[NH+]C(C)(C)C)c1C.[Ba+2]. The molecule has 2 aromatic rings.